The maximum atomic E-state index is 11.6. The van der Waals surface area contributed by atoms with Crippen molar-refractivity contribution in [1.29, 1.82) is 0 Å². The summed E-state index contributed by atoms with van der Waals surface area (Å²) in [4.78, 5) is 11.6. The van der Waals surface area contributed by atoms with E-state index in [0.29, 0.717) is 32.5 Å². The first-order chi connectivity index (χ1) is 9.78. The highest BCUT2D eigenvalue weighted by Gasteiger charge is 2.23. The molecule has 0 radical (unpaired) electrons. The Labute approximate surface area is 119 Å². The monoisotopic (exact) mass is 278 g/mol. The second-order valence-corrected chi connectivity index (χ2v) is 4.82. The first-order valence-corrected chi connectivity index (χ1v) is 7.10. The summed E-state index contributed by atoms with van der Waals surface area (Å²) in [6.07, 6.45) is 2.17. The molecule has 0 aromatic heterocycles. The minimum absolute atomic E-state index is 0.137. The minimum Gasteiger partial charge on any atom is -0.379 e. The smallest absolute Gasteiger partial charge is 0.319 e. The van der Waals surface area contributed by atoms with Crippen LogP contribution in [0, 0.1) is 0 Å². The number of amides is 2. The van der Waals surface area contributed by atoms with Gasteiger partial charge in [-0.2, -0.15) is 0 Å². The van der Waals surface area contributed by atoms with Gasteiger partial charge in [-0.05, 0) is 37.5 Å². The van der Waals surface area contributed by atoms with Crippen molar-refractivity contribution in [2.75, 3.05) is 25.1 Å². The van der Waals surface area contributed by atoms with Crippen molar-refractivity contribution in [3.63, 3.8) is 0 Å². The molecule has 1 aromatic carbocycles. The third-order valence-electron chi connectivity index (χ3n) is 2.94. The van der Waals surface area contributed by atoms with Crippen molar-refractivity contribution in [1.82, 2.24) is 5.32 Å². The topological polar surface area (TPSA) is 59.6 Å². The number of carbonyl (C=O) groups excluding carboxylic acids is 1. The second-order valence-electron chi connectivity index (χ2n) is 4.82. The molecule has 0 aliphatic heterocycles. The molecule has 2 rings (SSSR count). The Bertz CT molecular complexity index is 433. The summed E-state index contributed by atoms with van der Waals surface area (Å²) >= 11 is 0. The zero-order chi connectivity index (χ0) is 14.2. The van der Waals surface area contributed by atoms with Gasteiger partial charge in [-0.3, -0.25) is 0 Å². The fourth-order valence-corrected chi connectivity index (χ4v) is 1.77. The van der Waals surface area contributed by atoms with E-state index in [2.05, 4.69) is 10.6 Å². The average Bonchev–Trinajstić information content (AvgIpc) is 3.23. The lowest BCUT2D eigenvalue weighted by Gasteiger charge is -2.09. The molecule has 1 aliphatic carbocycles. The van der Waals surface area contributed by atoms with Gasteiger partial charge in [0, 0.05) is 18.3 Å². The van der Waals surface area contributed by atoms with Gasteiger partial charge in [0.25, 0.3) is 0 Å². The van der Waals surface area contributed by atoms with Crippen molar-refractivity contribution in [2.45, 2.75) is 32.4 Å². The summed E-state index contributed by atoms with van der Waals surface area (Å²) in [6.45, 7) is 4.37. The molecule has 1 aliphatic rings. The fourth-order valence-electron chi connectivity index (χ4n) is 1.77. The Morgan fingerprint density at radius 2 is 2.10 bits per heavy atom. The molecule has 1 fully saturated rings. The zero-order valence-electron chi connectivity index (χ0n) is 11.9. The number of ether oxygens (including phenoxy) is 2. The summed E-state index contributed by atoms with van der Waals surface area (Å²) in [6, 6.07) is 7.91. The Hall–Kier alpha value is -1.59. The number of hydrogen-bond donors (Lipinski definition) is 2. The number of urea groups is 1. The molecule has 0 spiro atoms. The van der Waals surface area contributed by atoms with Crippen molar-refractivity contribution in [3.05, 3.63) is 29.8 Å². The average molecular weight is 278 g/mol. The Balaban J connectivity index is 1.73. The van der Waals surface area contributed by atoms with Crippen LogP contribution < -0.4 is 10.6 Å². The summed E-state index contributed by atoms with van der Waals surface area (Å²) in [5.41, 5.74) is 1.82. The van der Waals surface area contributed by atoms with E-state index in [-0.39, 0.29) is 6.03 Å². The van der Waals surface area contributed by atoms with E-state index in [1.807, 2.05) is 31.2 Å². The van der Waals surface area contributed by atoms with Crippen LogP contribution in [-0.4, -0.2) is 31.9 Å². The third-order valence-corrected chi connectivity index (χ3v) is 2.94. The van der Waals surface area contributed by atoms with Crippen LogP contribution in [0.4, 0.5) is 10.5 Å². The quantitative estimate of drug-likeness (QED) is 0.718. The Morgan fingerprint density at radius 1 is 1.30 bits per heavy atom. The van der Waals surface area contributed by atoms with E-state index >= 15 is 0 Å². The Kier molecular flexibility index (Phi) is 5.83. The van der Waals surface area contributed by atoms with Crippen LogP contribution >= 0.6 is 0 Å². The molecular weight excluding hydrogens is 256 g/mol. The highest BCUT2D eigenvalue weighted by molar-refractivity contribution is 5.89. The van der Waals surface area contributed by atoms with E-state index in [9.17, 15) is 4.79 Å². The SMILES string of the molecule is CCOCCOCc1cccc(NC(=O)NC2CC2)c1. The van der Waals surface area contributed by atoms with Gasteiger partial charge in [-0.15, -0.1) is 0 Å². The minimum atomic E-state index is -0.137. The van der Waals surface area contributed by atoms with Crippen molar-refractivity contribution >= 4 is 11.7 Å². The molecule has 0 saturated heterocycles. The number of carbonyl (C=O) groups is 1. The lowest BCUT2D eigenvalue weighted by molar-refractivity contribution is 0.0453. The van der Waals surface area contributed by atoms with Crippen molar-refractivity contribution in [3.8, 4) is 0 Å². The third kappa shape index (κ3) is 5.59. The van der Waals surface area contributed by atoms with Crippen LogP contribution in [-0.2, 0) is 16.1 Å². The number of anilines is 1. The van der Waals surface area contributed by atoms with Gasteiger partial charge in [0.05, 0.1) is 19.8 Å². The van der Waals surface area contributed by atoms with E-state index in [0.717, 1.165) is 24.1 Å². The predicted molar refractivity (Wildman–Crippen MR) is 77.8 cm³/mol. The molecule has 5 nitrogen and oxygen atoms in total. The van der Waals surface area contributed by atoms with Crippen LogP contribution in [0.25, 0.3) is 0 Å². The van der Waals surface area contributed by atoms with Gasteiger partial charge in [-0.25, -0.2) is 4.79 Å². The normalized spacial score (nSPS) is 14.1. The largest absolute Gasteiger partial charge is 0.379 e. The van der Waals surface area contributed by atoms with Gasteiger partial charge < -0.3 is 20.1 Å². The molecule has 0 heterocycles. The zero-order valence-corrected chi connectivity index (χ0v) is 11.9. The number of nitrogens with one attached hydrogen (secondary N) is 2. The van der Waals surface area contributed by atoms with Gasteiger partial charge in [0.2, 0.25) is 0 Å². The van der Waals surface area contributed by atoms with E-state index < -0.39 is 0 Å². The second kappa shape index (κ2) is 7.87. The number of benzene rings is 1. The van der Waals surface area contributed by atoms with Gasteiger partial charge in [-0.1, -0.05) is 12.1 Å². The first-order valence-electron chi connectivity index (χ1n) is 7.10. The van der Waals surface area contributed by atoms with Crippen molar-refractivity contribution < 1.29 is 14.3 Å². The summed E-state index contributed by atoms with van der Waals surface area (Å²) < 4.78 is 10.7. The van der Waals surface area contributed by atoms with E-state index in [1.165, 1.54) is 0 Å². The molecule has 2 N–H and O–H groups in total. The molecule has 0 unspecified atom stereocenters. The van der Waals surface area contributed by atoms with E-state index in [4.69, 9.17) is 9.47 Å². The van der Waals surface area contributed by atoms with Crippen LogP contribution in [0.3, 0.4) is 0 Å². The van der Waals surface area contributed by atoms with Gasteiger partial charge >= 0.3 is 6.03 Å². The standard InChI is InChI=1S/C15H22N2O3/c1-2-19-8-9-20-11-12-4-3-5-14(10-12)17-15(18)16-13-6-7-13/h3-5,10,13H,2,6-9,11H2,1H3,(H2,16,17,18). The Morgan fingerprint density at radius 3 is 2.85 bits per heavy atom. The van der Waals surface area contributed by atoms with Gasteiger partial charge in [0.15, 0.2) is 0 Å². The fraction of sp³-hybridized carbons (Fsp3) is 0.533. The molecule has 20 heavy (non-hydrogen) atoms. The van der Waals surface area contributed by atoms with E-state index in [1.54, 1.807) is 0 Å². The van der Waals surface area contributed by atoms with Crippen LogP contribution in [0.5, 0.6) is 0 Å². The maximum absolute atomic E-state index is 11.6. The highest BCUT2D eigenvalue weighted by Crippen LogP contribution is 2.19. The molecule has 1 aromatic rings. The predicted octanol–water partition coefficient (Wildman–Crippen LogP) is 2.52. The van der Waals surface area contributed by atoms with Crippen LogP contribution in [0.15, 0.2) is 24.3 Å². The summed E-state index contributed by atoms with van der Waals surface area (Å²) in [5.74, 6) is 0. The molecule has 0 bridgehead atoms. The maximum Gasteiger partial charge on any atom is 0.319 e. The first kappa shape index (κ1) is 14.8. The molecule has 5 heteroatoms. The lowest BCUT2D eigenvalue weighted by atomic mass is 10.2. The molecule has 110 valence electrons. The van der Waals surface area contributed by atoms with Crippen molar-refractivity contribution in [2.24, 2.45) is 0 Å². The molecule has 0 atom stereocenters. The summed E-state index contributed by atoms with van der Waals surface area (Å²) in [5, 5.41) is 5.72. The number of rotatable bonds is 8. The molecular formula is C15H22N2O3. The molecule has 1 saturated carbocycles. The molecule has 2 amide bonds. The van der Waals surface area contributed by atoms with Crippen LogP contribution in [0.2, 0.25) is 0 Å². The lowest BCUT2D eigenvalue weighted by Crippen LogP contribution is -2.30. The summed E-state index contributed by atoms with van der Waals surface area (Å²) in [7, 11) is 0. The number of hydrogen-bond acceptors (Lipinski definition) is 3. The van der Waals surface area contributed by atoms with Gasteiger partial charge in [0.1, 0.15) is 0 Å². The highest BCUT2D eigenvalue weighted by atomic mass is 16.5. The van der Waals surface area contributed by atoms with Crippen LogP contribution in [0.1, 0.15) is 25.3 Å².